The maximum atomic E-state index is 13.2. The van der Waals surface area contributed by atoms with Gasteiger partial charge in [0, 0.05) is 29.5 Å². The first-order chi connectivity index (χ1) is 12.4. The van der Waals surface area contributed by atoms with E-state index in [0.717, 1.165) is 5.56 Å². The Labute approximate surface area is 148 Å². The van der Waals surface area contributed by atoms with Gasteiger partial charge in [-0.05, 0) is 36.8 Å². The van der Waals surface area contributed by atoms with Crippen LogP contribution in [0.5, 0.6) is 0 Å². The minimum atomic E-state index is -0.495. The van der Waals surface area contributed by atoms with Crippen LogP contribution in [-0.4, -0.2) is 20.6 Å². The van der Waals surface area contributed by atoms with Crippen LogP contribution in [0.25, 0.3) is 0 Å². The van der Waals surface area contributed by atoms with Crippen molar-refractivity contribution in [1.29, 1.82) is 0 Å². The van der Waals surface area contributed by atoms with E-state index in [1.165, 1.54) is 30.3 Å². The number of nitro benzene ring substituents is 1. The molecule has 7 nitrogen and oxygen atoms in total. The number of nitrogens with one attached hydrogen (secondary N) is 1. The smallest absolute Gasteiger partial charge is 0.272 e. The quantitative estimate of drug-likeness (QED) is 0.560. The number of hydrogen-bond acceptors (Lipinski definition) is 4. The summed E-state index contributed by atoms with van der Waals surface area (Å²) in [5, 5.41) is 17.7. The lowest BCUT2D eigenvalue weighted by Crippen LogP contribution is -2.13. The molecule has 1 heterocycles. The number of hydrogen-bond donors (Lipinski definition) is 1. The molecule has 0 unspecified atom stereocenters. The molecule has 0 radical (unpaired) electrons. The Morgan fingerprint density at radius 2 is 2.08 bits per heavy atom. The van der Waals surface area contributed by atoms with Crippen molar-refractivity contribution in [2.45, 2.75) is 13.5 Å². The third-order valence-electron chi connectivity index (χ3n) is 3.77. The minimum absolute atomic E-state index is 0.0408. The Kier molecular flexibility index (Phi) is 4.74. The highest BCUT2D eigenvalue weighted by molar-refractivity contribution is 6.04. The van der Waals surface area contributed by atoms with Crippen molar-refractivity contribution in [1.82, 2.24) is 9.78 Å². The van der Waals surface area contributed by atoms with E-state index in [2.05, 4.69) is 10.4 Å². The largest absolute Gasteiger partial charge is 0.305 e. The van der Waals surface area contributed by atoms with E-state index in [9.17, 15) is 19.3 Å². The number of amides is 1. The van der Waals surface area contributed by atoms with Crippen LogP contribution in [0, 0.1) is 22.9 Å². The number of aromatic nitrogens is 2. The van der Waals surface area contributed by atoms with Crippen LogP contribution in [0.4, 0.5) is 15.9 Å². The lowest BCUT2D eigenvalue weighted by Gasteiger charge is -2.04. The number of halogens is 1. The molecule has 0 saturated carbocycles. The molecule has 3 rings (SSSR count). The summed E-state index contributed by atoms with van der Waals surface area (Å²) in [6.45, 7) is 1.94. The molecule has 0 atom stereocenters. The third-order valence-corrected chi connectivity index (χ3v) is 3.77. The predicted molar refractivity (Wildman–Crippen MR) is 93.5 cm³/mol. The molecule has 0 fully saturated rings. The fourth-order valence-corrected chi connectivity index (χ4v) is 2.53. The van der Waals surface area contributed by atoms with Gasteiger partial charge in [-0.25, -0.2) is 4.39 Å². The molecule has 0 bridgehead atoms. The molecule has 0 spiro atoms. The molecular formula is C18H15FN4O3. The molecule has 0 aliphatic carbocycles. The maximum Gasteiger partial charge on any atom is 0.272 e. The average molecular weight is 354 g/mol. The van der Waals surface area contributed by atoms with Gasteiger partial charge in [0.25, 0.3) is 11.6 Å². The molecule has 3 aromatic rings. The van der Waals surface area contributed by atoms with E-state index >= 15 is 0 Å². The zero-order valence-corrected chi connectivity index (χ0v) is 13.8. The number of rotatable bonds is 5. The summed E-state index contributed by atoms with van der Waals surface area (Å²) in [4.78, 5) is 22.6. The highest BCUT2D eigenvalue weighted by Crippen LogP contribution is 2.19. The van der Waals surface area contributed by atoms with Crippen LogP contribution >= 0.6 is 0 Å². The van der Waals surface area contributed by atoms with Crippen molar-refractivity contribution in [3.63, 3.8) is 0 Å². The van der Waals surface area contributed by atoms with E-state index in [0.29, 0.717) is 23.5 Å². The molecule has 26 heavy (non-hydrogen) atoms. The zero-order chi connectivity index (χ0) is 18.7. The van der Waals surface area contributed by atoms with Gasteiger partial charge in [0.15, 0.2) is 5.82 Å². The molecule has 0 saturated heterocycles. The zero-order valence-electron chi connectivity index (χ0n) is 13.8. The van der Waals surface area contributed by atoms with Crippen LogP contribution in [0.3, 0.4) is 0 Å². The van der Waals surface area contributed by atoms with Crippen molar-refractivity contribution in [3.05, 3.63) is 87.3 Å². The molecule has 1 aromatic heterocycles. The average Bonchev–Trinajstić information content (AvgIpc) is 3.01. The second-order valence-corrected chi connectivity index (χ2v) is 5.74. The standard InChI is InChI=1S/C18H15FN4O3/c1-12-9-14(5-6-16(12)23(25)26)18(24)20-17-7-8-22(21-17)11-13-3-2-4-15(19)10-13/h2-10H,11H2,1H3,(H,20,21,24). The summed E-state index contributed by atoms with van der Waals surface area (Å²) < 4.78 is 14.8. The van der Waals surface area contributed by atoms with Crippen LogP contribution in [-0.2, 0) is 6.54 Å². The first-order valence-electron chi connectivity index (χ1n) is 7.76. The second kappa shape index (κ2) is 7.14. The fourth-order valence-electron chi connectivity index (χ4n) is 2.53. The van der Waals surface area contributed by atoms with Crippen molar-refractivity contribution < 1.29 is 14.1 Å². The van der Waals surface area contributed by atoms with Gasteiger partial charge in [0.1, 0.15) is 5.82 Å². The van der Waals surface area contributed by atoms with E-state index in [1.807, 2.05) is 0 Å². The minimum Gasteiger partial charge on any atom is -0.305 e. The summed E-state index contributed by atoms with van der Waals surface area (Å²) in [6, 6.07) is 11.9. The van der Waals surface area contributed by atoms with E-state index in [-0.39, 0.29) is 11.5 Å². The Hall–Kier alpha value is -3.55. The van der Waals surface area contributed by atoms with Gasteiger partial charge in [-0.3, -0.25) is 19.6 Å². The Balaban J connectivity index is 1.69. The van der Waals surface area contributed by atoms with Crippen LogP contribution in [0.1, 0.15) is 21.5 Å². The molecule has 2 aromatic carbocycles. The van der Waals surface area contributed by atoms with Gasteiger partial charge < -0.3 is 5.32 Å². The lowest BCUT2D eigenvalue weighted by molar-refractivity contribution is -0.385. The Morgan fingerprint density at radius 3 is 2.77 bits per heavy atom. The first kappa shape index (κ1) is 17.3. The summed E-state index contributed by atoms with van der Waals surface area (Å²) in [5.41, 5.74) is 1.41. The molecule has 0 aliphatic heterocycles. The summed E-state index contributed by atoms with van der Waals surface area (Å²) in [6.07, 6.45) is 1.67. The Bertz CT molecular complexity index is 984. The SMILES string of the molecule is Cc1cc(C(=O)Nc2ccn(Cc3cccc(F)c3)n2)ccc1[N+](=O)[O-]. The van der Waals surface area contributed by atoms with Gasteiger partial charge in [0.2, 0.25) is 0 Å². The number of aryl methyl sites for hydroxylation is 1. The van der Waals surface area contributed by atoms with Crippen LogP contribution < -0.4 is 5.32 Å². The van der Waals surface area contributed by atoms with Gasteiger partial charge in [0.05, 0.1) is 11.5 Å². The molecule has 1 amide bonds. The lowest BCUT2D eigenvalue weighted by atomic mass is 10.1. The topological polar surface area (TPSA) is 90.1 Å². The number of nitrogens with zero attached hydrogens (tertiary/aromatic N) is 3. The third kappa shape index (κ3) is 3.92. The van der Waals surface area contributed by atoms with Gasteiger partial charge in [-0.15, -0.1) is 0 Å². The van der Waals surface area contributed by atoms with Gasteiger partial charge in [-0.2, -0.15) is 5.10 Å². The van der Waals surface area contributed by atoms with Crippen LogP contribution in [0.15, 0.2) is 54.7 Å². The van der Waals surface area contributed by atoms with E-state index in [4.69, 9.17) is 0 Å². The highest BCUT2D eigenvalue weighted by Gasteiger charge is 2.14. The van der Waals surface area contributed by atoms with Gasteiger partial charge in [-0.1, -0.05) is 12.1 Å². The second-order valence-electron chi connectivity index (χ2n) is 5.74. The molecular weight excluding hydrogens is 339 g/mol. The summed E-state index contributed by atoms with van der Waals surface area (Å²) in [7, 11) is 0. The van der Waals surface area contributed by atoms with Crippen molar-refractivity contribution in [2.75, 3.05) is 5.32 Å². The van der Waals surface area contributed by atoms with Crippen molar-refractivity contribution >= 4 is 17.4 Å². The van der Waals surface area contributed by atoms with Gasteiger partial charge >= 0.3 is 0 Å². The predicted octanol–water partition coefficient (Wildman–Crippen LogP) is 3.54. The summed E-state index contributed by atoms with van der Waals surface area (Å²) in [5.74, 6) is -0.405. The van der Waals surface area contributed by atoms with Crippen molar-refractivity contribution in [3.8, 4) is 0 Å². The number of carbonyl (C=O) groups excluding carboxylic acids is 1. The molecule has 1 N–H and O–H groups in total. The van der Waals surface area contributed by atoms with Crippen LogP contribution in [0.2, 0.25) is 0 Å². The van der Waals surface area contributed by atoms with E-state index in [1.54, 1.807) is 36.0 Å². The number of nitro groups is 1. The number of benzene rings is 2. The number of carbonyl (C=O) groups is 1. The molecule has 8 heteroatoms. The molecule has 132 valence electrons. The molecule has 0 aliphatic rings. The normalized spacial score (nSPS) is 10.5. The Morgan fingerprint density at radius 1 is 1.27 bits per heavy atom. The number of anilines is 1. The summed E-state index contributed by atoms with van der Waals surface area (Å²) >= 11 is 0. The first-order valence-corrected chi connectivity index (χ1v) is 7.76. The monoisotopic (exact) mass is 354 g/mol. The van der Waals surface area contributed by atoms with E-state index < -0.39 is 10.8 Å². The van der Waals surface area contributed by atoms with Crippen molar-refractivity contribution in [2.24, 2.45) is 0 Å². The highest BCUT2D eigenvalue weighted by atomic mass is 19.1. The maximum absolute atomic E-state index is 13.2. The fraction of sp³-hybridized carbons (Fsp3) is 0.111.